The number of para-hydroxylation sites is 2. The molecule has 1 fully saturated rings. The molecular formula is C23H28Cl2N4O3. The number of methoxy groups -OCH3 is 1. The van der Waals surface area contributed by atoms with E-state index >= 15 is 0 Å². The summed E-state index contributed by atoms with van der Waals surface area (Å²) in [5.74, 6) is 0.100. The van der Waals surface area contributed by atoms with Gasteiger partial charge in [-0.15, -0.1) is 0 Å². The lowest BCUT2D eigenvalue weighted by Crippen LogP contribution is -2.47. The number of anilines is 3. The summed E-state index contributed by atoms with van der Waals surface area (Å²) in [7, 11) is 1.67. The Morgan fingerprint density at radius 3 is 2.19 bits per heavy atom. The summed E-state index contributed by atoms with van der Waals surface area (Å²) in [6.07, 6.45) is 0. The Kier molecular flexibility index (Phi) is 8.10. The monoisotopic (exact) mass is 478 g/mol. The van der Waals surface area contributed by atoms with Crippen molar-refractivity contribution in [2.75, 3.05) is 48.4 Å². The molecule has 0 aromatic heterocycles. The number of hydrogen-bond acceptors (Lipinski definition) is 5. The average molecular weight is 479 g/mol. The number of carbonyl (C=O) groups excluding carboxylic acids is 2. The van der Waals surface area contributed by atoms with Crippen LogP contribution in [0.25, 0.3) is 0 Å². The SMILES string of the molecule is COc1ccccc1N1CCN(c2ccc(NC(=O)C(Cl)Cl)cc2C(=O)NC(C)C)CC1. The molecule has 3 rings (SSSR count). The fraction of sp³-hybridized carbons (Fsp3) is 0.391. The van der Waals surface area contributed by atoms with Gasteiger partial charge in [-0.2, -0.15) is 0 Å². The Bertz CT molecular complexity index is 960. The molecule has 1 aliphatic rings. The number of nitrogens with one attached hydrogen (secondary N) is 2. The predicted octanol–water partition coefficient (Wildman–Crippen LogP) is 3.90. The highest BCUT2D eigenvalue weighted by atomic mass is 35.5. The first-order chi connectivity index (χ1) is 15.3. The van der Waals surface area contributed by atoms with E-state index in [1.807, 2.05) is 38.1 Å². The zero-order chi connectivity index (χ0) is 23.3. The zero-order valence-corrected chi connectivity index (χ0v) is 19.9. The van der Waals surface area contributed by atoms with Gasteiger partial charge >= 0.3 is 0 Å². The third-order valence-electron chi connectivity index (χ3n) is 5.17. The van der Waals surface area contributed by atoms with Gasteiger partial charge in [-0.25, -0.2) is 0 Å². The van der Waals surface area contributed by atoms with Gasteiger partial charge in [-0.05, 0) is 44.2 Å². The van der Waals surface area contributed by atoms with E-state index in [9.17, 15) is 9.59 Å². The van der Waals surface area contributed by atoms with Crippen LogP contribution in [-0.2, 0) is 4.79 Å². The molecule has 1 aliphatic heterocycles. The molecule has 0 bridgehead atoms. The van der Waals surface area contributed by atoms with Crippen LogP contribution in [0.4, 0.5) is 17.1 Å². The molecule has 2 aromatic rings. The fourth-order valence-corrected chi connectivity index (χ4v) is 3.80. The van der Waals surface area contributed by atoms with E-state index in [0.717, 1.165) is 43.3 Å². The fourth-order valence-electron chi connectivity index (χ4n) is 3.69. The lowest BCUT2D eigenvalue weighted by atomic mass is 10.1. The topological polar surface area (TPSA) is 73.9 Å². The van der Waals surface area contributed by atoms with Crippen LogP contribution in [0.2, 0.25) is 0 Å². The van der Waals surface area contributed by atoms with Gasteiger partial charge in [0.05, 0.1) is 18.4 Å². The first-order valence-electron chi connectivity index (χ1n) is 10.5. The molecule has 0 spiro atoms. The second kappa shape index (κ2) is 10.8. The number of piperazine rings is 1. The molecule has 172 valence electrons. The number of alkyl halides is 2. The molecule has 1 heterocycles. The summed E-state index contributed by atoms with van der Waals surface area (Å²) in [4.78, 5) is 28.1. The second-order valence-electron chi connectivity index (χ2n) is 7.80. The van der Waals surface area contributed by atoms with E-state index < -0.39 is 10.7 Å². The Morgan fingerprint density at radius 2 is 1.59 bits per heavy atom. The molecule has 7 nitrogen and oxygen atoms in total. The van der Waals surface area contributed by atoms with Crippen LogP contribution in [0.15, 0.2) is 42.5 Å². The van der Waals surface area contributed by atoms with Gasteiger partial charge in [-0.3, -0.25) is 9.59 Å². The highest BCUT2D eigenvalue weighted by molar-refractivity contribution is 6.54. The third kappa shape index (κ3) is 5.78. The van der Waals surface area contributed by atoms with Crippen molar-refractivity contribution in [1.29, 1.82) is 0 Å². The molecule has 32 heavy (non-hydrogen) atoms. The molecule has 0 aliphatic carbocycles. The van der Waals surface area contributed by atoms with E-state index in [1.54, 1.807) is 19.2 Å². The van der Waals surface area contributed by atoms with Gasteiger partial charge in [0.1, 0.15) is 5.75 Å². The summed E-state index contributed by atoms with van der Waals surface area (Å²) in [5.41, 5.74) is 2.82. The van der Waals surface area contributed by atoms with Crippen LogP contribution in [0.5, 0.6) is 5.75 Å². The van der Waals surface area contributed by atoms with E-state index in [0.29, 0.717) is 11.3 Å². The summed E-state index contributed by atoms with van der Waals surface area (Å²) < 4.78 is 5.50. The number of carbonyl (C=O) groups is 2. The number of nitrogens with zero attached hydrogens (tertiary/aromatic N) is 2. The summed E-state index contributed by atoms with van der Waals surface area (Å²) >= 11 is 11.3. The van der Waals surface area contributed by atoms with Gasteiger partial charge < -0.3 is 25.2 Å². The second-order valence-corrected chi connectivity index (χ2v) is 8.89. The first kappa shape index (κ1) is 24.0. The number of benzene rings is 2. The standard InChI is InChI=1S/C23H28Cl2N4O3/c1-15(2)26-22(30)17-14-16(27-23(31)21(24)25)8-9-18(17)28-10-12-29(13-11-28)19-6-4-5-7-20(19)32-3/h4-9,14-15,21H,10-13H2,1-3H3,(H,26,30)(H,27,31). The van der Waals surface area contributed by atoms with Crippen LogP contribution in [0.1, 0.15) is 24.2 Å². The van der Waals surface area contributed by atoms with Gasteiger partial charge in [0.2, 0.25) is 0 Å². The molecule has 2 aromatic carbocycles. The Balaban J connectivity index is 1.82. The number of hydrogen-bond donors (Lipinski definition) is 2. The maximum absolute atomic E-state index is 12.9. The molecule has 0 atom stereocenters. The van der Waals surface area contributed by atoms with E-state index in [1.165, 1.54) is 0 Å². The summed E-state index contributed by atoms with van der Waals surface area (Å²) in [6.45, 7) is 6.84. The van der Waals surface area contributed by atoms with Crippen LogP contribution >= 0.6 is 23.2 Å². The maximum Gasteiger partial charge on any atom is 0.257 e. The van der Waals surface area contributed by atoms with Gasteiger partial charge in [0, 0.05) is 43.6 Å². The van der Waals surface area contributed by atoms with Gasteiger partial charge in [0.25, 0.3) is 11.8 Å². The van der Waals surface area contributed by atoms with Crippen molar-refractivity contribution in [3.05, 3.63) is 48.0 Å². The molecule has 0 unspecified atom stereocenters. The highest BCUT2D eigenvalue weighted by Crippen LogP contribution is 2.31. The van der Waals surface area contributed by atoms with Gasteiger partial charge in [-0.1, -0.05) is 35.3 Å². The third-order valence-corrected chi connectivity index (χ3v) is 5.57. The van der Waals surface area contributed by atoms with Crippen LogP contribution < -0.4 is 25.2 Å². The molecule has 0 saturated carbocycles. The number of ether oxygens (including phenoxy) is 1. The van der Waals surface area contributed by atoms with Crippen molar-refractivity contribution in [2.45, 2.75) is 24.7 Å². The summed E-state index contributed by atoms with van der Waals surface area (Å²) in [6, 6.07) is 13.2. The molecule has 1 saturated heterocycles. The van der Waals surface area contributed by atoms with Crippen molar-refractivity contribution in [1.82, 2.24) is 5.32 Å². The summed E-state index contributed by atoms with van der Waals surface area (Å²) in [5, 5.41) is 5.57. The van der Waals surface area contributed by atoms with Crippen LogP contribution in [0, 0.1) is 0 Å². The zero-order valence-electron chi connectivity index (χ0n) is 18.4. The quantitative estimate of drug-likeness (QED) is 0.590. The minimum atomic E-state index is -1.19. The number of rotatable bonds is 7. The van der Waals surface area contributed by atoms with Gasteiger partial charge in [0.15, 0.2) is 4.84 Å². The van der Waals surface area contributed by atoms with Crippen molar-refractivity contribution in [3.63, 3.8) is 0 Å². The Hall–Kier alpha value is -2.64. The highest BCUT2D eigenvalue weighted by Gasteiger charge is 2.24. The molecule has 0 radical (unpaired) electrons. The minimum absolute atomic E-state index is 0.0222. The number of amides is 2. The lowest BCUT2D eigenvalue weighted by Gasteiger charge is -2.38. The van der Waals surface area contributed by atoms with Crippen LogP contribution in [0.3, 0.4) is 0 Å². The predicted molar refractivity (Wildman–Crippen MR) is 131 cm³/mol. The normalized spacial score (nSPS) is 14.0. The molecule has 2 amide bonds. The van der Waals surface area contributed by atoms with Crippen molar-refractivity contribution < 1.29 is 14.3 Å². The smallest absolute Gasteiger partial charge is 0.257 e. The molecular weight excluding hydrogens is 451 g/mol. The Morgan fingerprint density at radius 1 is 0.969 bits per heavy atom. The van der Waals surface area contributed by atoms with Crippen molar-refractivity contribution in [3.8, 4) is 5.75 Å². The first-order valence-corrected chi connectivity index (χ1v) is 11.3. The van der Waals surface area contributed by atoms with E-state index in [2.05, 4.69) is 26.5 Å². The largest absolute Gasteiger partial charge is 0.495 e. The van der Waals surface area contributed by atoms with E-state index in [-0.39, 0.29) is 11.9 Å². The van der Waals surface area contributed by atoms with Crippen molar-refractivity contribution in [2.24, 2.45) is 0 Å². The van der Waals surface area contributed by atoms with E-state index in [4.69, 9.17) is 27.9 Å². The number of halogens is 2. The Labute approximate surface area is 198 Å². The van der Waals surface area contributed by atoms with Crippen LogP contribution in [-0.4, -0.2) is 56.0 Å². The maximum atomic E-state index is 12.9. The average Bonchev–Trinajstić information content (AvgIpc) is 2.78. The minimum Gasteiger partial charge on any atom is -0.495 e. The molecule has 9 heteroatoms. The lowest BCUT2D eigenvalue weighted by molar-refractivity contribution is -0.114. The molecule has 2 N–H and O–H groups in total. The van der Waals surface area contributed by atoms with Crippen molar-refractivity contribution >= 4 is 52.1 Å².